The summed E-state index contributed by atoms with van der Waals surface area (Å²) in [6.45, 7) is 2.41. The van der Waals surface area contributed by atoms with E-state index >= 15 is 0 Å². The van der Waals surface area contributed by atoms with Gasteiger partial charge in [-0.1, -0.05) is 23.2 Å². The van der Waals surface area contributed by atoms with Crippen LogP contribution in [0.25, 0.3) is 0 Å². The molecule has 0 atom stereocenters. The smallest absolute Gasteiger partial charge is 0.337 e. The fraction of sp³-hybridized carbons (Fsp3) is 0.125. The second-order valence-corrected chi connectivity index (χ2v) is 5.46. The van der Waals surface area contributed by atoms with Gasteiger partial charge in [-0.05, 0) is 49.4 Å². The van der Waals surface area contributed by atoms with Gasteiger partial charge in [0.2, 0.25) is 0 Å². The molecule has 2 rings (SSSR count). The van der Waals surface area contributed by atoms with Crippen molar-refractivity contribution >= 4 is 40.8 Å². The molecule has 3 N–H and O–H groups in total. The van der Waals surface area contributed by atoms with E-state index in [1.807, 2.05) is 6.92 Å². The summed E-state index contributed by atoms with van der Waals surface area (Å²) in [6.07, 6.45) is 0. The van der Waals surface area contributed by atoms with E-state index < -0.39 is 11.9 Å². The van der Waals surface area contributed by atoms with Gasteiger partial charge in [0.1, 0.15) is 5.75 Å². The van der Waals surface area contributed by atoms with Gasteiger partial charge < -0.3 is 10.1 Å². The Balaban J connectivity index is 1.87. The first-order valence-electron chi connectivity index (χ1n) is 7.05. The van der Waals surface area contributed by atoms with Gasteiger partial charge in [0.05, 0.1) is 17.3 Å². The van der Waals surface area contributed by atoms with E-state index in [1.165, 1.54) is 6.07 Å². The number of benzene rings is 2. The number of nitrogens with one attached hydrogen (secondary N) is 3. The molecule has 0 fully saturated rings. The molecular formula is C16H15Cl2N3O3. The topological polar surface area (TPSA) is 79.5 Å². The largest absolute Gasteiger partial charge is 0.494 e. The number of amides is 3. The molecule has 24 heavy (non-hydrogen) atoms. The zero-order valence-corrected chi connectivity index (χ0v) is 14.2. The highest BCUT2D eigenvalue weighted by Gasteiger charge is 2.09. The molecule has 8 heteroatoms. The van der Waals surface area contributed by atoms with Crippen LogP contribution in [-0.4, -0.2) is 18.5 Å². The highest BCUT2D eigenvalue weighted by molar-refractivity contribution is 6.36. The van der Waals surface area contributed by atoms with Crippen molar-refractivity contribution in [3.8, 4) is 5.75 Å². The molecule has 0 radical (unpaired) electrons. The molecular weight excluding hydrogens is 353 g/mol. The van der Waals surface area contributed by atoms with Gasteiger partial charge in [-0.25, -0.2) is 10.2 Å². The Morgan fingerprint density at radius 2 is 1.75 bits per heavy atom. The number of rotatable bonds is 4. The van der Waals surface area contributed by atoms with Crippen molar-refractivity contribution in [3.63, 3.8) is 0 Å². The first-order chi connectivity index (χ1) is 11.5. The van der Waals surface area contributed by atoms with E-state index in [2.05, 4.69) is 16.2 Å². The average Bonchev–Trinajstić information content (AvgIpc) is 2.56. The van der Waals surface area contributed by atoms with Crippen LogP contribution in [0.3, 0.4) is 0 Å². The Morgan fingerprint density at radius 1 is 1.04 bits per heavy atom. The molecule has 0 unspecified atom stereocenters. The number of carbonyl (C=O) groups excluding carboxylic acids is 2. The first kappa shape index (κ1) is 17.9. The summed E-state index contributed by atoms with van der Waals surface area (Å²) in [4.78, 5) is 23.7. The average molecular weight is 368 g/mol. The maximum Gasteiger partial charge on any atom is 0.337 e. The molecule has 0 heterocycles. The normalized spacial score (nSPS) is 9.96. The van der Waals surface area contributed by atoms with Crippen molar-refractivity contribution in [2.24, 2.45) is 0 Å². The molecule has 3 amide bonds. The molecule has 6 nitrogen and oxygen atoms in total. The molecule has 2 aromatic rings. The van der Waals surface area contributed by atoms with Crippen LogP contribution < -0.4 is 20.9 Å². The Morgan fingerprint density at radius 3 is 2.38 bits per heavy atom. The minimum absolute atomic E-state index is 0.287. The van der Waals surface area contributed by atoms with E-state index in [4.69, 9.17) is 27.9 Å². The summed E-state index contributed by atoms with van der Waals surface area (Å²) in [5, 5.41) is 3.24. The Labute approximate surface area is 149 Å². The Kier molecular flexibility index (Phi) is 6.28. The number of urea groups is 1. The molecule has 0 spiro atoms. The Bertz CT molecular complexity index is 736. The van der Waals surface area contributed by atoms with Crippen LogP contribution in [0.2, 0.25) is 10.0 Å². The molecule has 0 saturated carbocycles. The number of hydrazine groups is 1. The standard InChI is InChI=1S/C16H15Cl2N3O3/c1-2-24-12-6-3-10(4-7-12)15(22)20-21-16(23)19-14-8-5-11(17)9-13(14)18/h3-9H,2H2,1H3,(H,20,22)(H2,19,21,23). The van der Waals surface area contributed by atoms with E-state index in [-0.39, 0.29) is 5.02 Å². The van der Waals surface area contributed by atoms with E-state index in [9.17, 15) is 9.59 Å². The van der Waals surface area contributed by atoms with Crippen molar-refractivity contribution in [1.82, 2.24) is 10.9 Å². The predicted molar refractivity (Wildman–Crippen MR) is 93.7 cm³/mol. The van der Waals surface area contributed by atoms with Crippen molar-refractivity contribution in [2.45, 2.75) is 6.92 Å². The summed E-state index contributed by atoms with van der Waals surface area (Å²) >= 11 is 11.7. The number of ether oxygens (including phenoxy) is 1. The lowest BCUT2D eigenvalue weighted by atomic mass is 10.2. The monoisotopic (exact) mass is 367 g/mol. The fourth-order valence-corrected chi connectivity index (χ4v) is 2.26. The number of carbonyl (C=O) groups is 2. The number of halogens is 2. The second kappa shape index (κ2) is 8.42. The number of hydrogen-bond donors (Lipinski definition) is 3. The number of anilines is 1. The van der Waals surface area contributed by atoms with Gasteiger partial charge in [0.15, 0.2) is 0 Å². The predicted octanol–water partition coefficient (Wildman–Crippen LogP) is 3.86. The van der Waals surface area contributed by atoms with Gasteiger partial charge in [-0.15, -0.1) is 0 Å². The van der Waals surface area contributed by atoms with Crippen LogP contribution >= 0.6 is 23.2 Å². The van der Waals surface area contributed by atoms with Crippen molar-refractivity contribution < 1.29 is 14.3 Å². The van der Waals surface area contributed by atoms with Crippen LogP contribution in [0.4, 0.5) is 10.5 Å². The van der Waals surface area contributed by atoms with Crippen LogP contribution in [-0.2, 0) is 0 Å². The second-order valence-electron chi connectivity index (χ2n) is 4.61. The minimum Gasteiger partial charge on any atom is -0.494 e. The summed E-state index contributed by atoms with van der Waals surface area (Å²) in [6, 6.07) is 10.5. The molecule has 126 valence electrons. The van der Waals surface area contributed by atoms with Crippen molar-refractivity contribution in [1.29, 1.82) is 0 Å². The molecule has 0 aliphatic heterocycles. The lowest BCUT2D eigenvalue weighted by molar-refractivity contribution is 0.0938. The molecule has 0 aliphatic carbocycles. The van der Waals surface area contributed by atoms with Crippen LogP contribution in [0.5, 0.6) is 5.75 Å². The third-order valence-corrected chi connectivity index (χ3v) is 3.44. The van der Waals surface area contributed by atoms with Gasteiger partial charge in [0.25, 0.3) is 5.91 Å². The summed E-state index contributed by atoms with van der Waals surface area (Å²) in [7, 11) is 0. The van der Waals surface area contributed by atoms with Crippen molar-refractivity contribution in [3.05, 3.63) is 58.1 Å². The third-order valence-electron chi connectivity index (χ3n) is 2.90. The van der Waals surface area contributed by atoms with E-state index in [0.717, 1.165) is 0 Å². The molecule has 0 bridgehead atoms. The maximum atomic E-state index is 11.9. The van der Waals surface area contributed by atoms with Gasteiger partial charge >= 0.3 is 6.03 Å². The third kappa shape index (κ3) is 5.04. The first-order valence-corrected chi connectivity index (χ1v) is 7.80. The minimum atomic E-state index is -0.640. The lowest BCUT2D eigenvalue weighted by Crippen LogP contribution is -2.43. The molecule has 0 aromatic heterocycles. The zero-order valence-electron chi connectivity index (χ0n) is 12.7. The summed E-state index contributed by atoms with van der Waals surface area (Å²) < 4.78 is 5.29. The quantitative estimate of drug-likeness (QED) is 0.717. The van der Waals surface area contributed by atoms with Gasteiger partial charge in [-0.2, -0.15) is 0 Å². The SMILES string of the molecule is CCOc1ccc(C(=O)NNC(=O)Nc2ccc(Cl)cc2Cl)cc1. The highest BCUT2D eigenvalue weighted by Crippen LogP contribution is 2.25. The van der Waals surface area contributed by atoms with Gasteiger partial charge in [0, 0.05) is 10.6 Å². The zero-order chi connectivity index (χ0) is 17.5. The van der Waals surface area contributed by atoms with Gasteiger partial charge in [-0.3, -0.25) is 10.2 Å². The fourth-order valence-electron chi connectivity index (χ4n) is 1.80. The molecule has 0 aliphatic rings. The molecule has 0 saturated heterocycles. The van der Waals surface area contributed by atoms with Crippen LogP contribution in [0.15, 0.2) is 42.5 Å². The summed E-state index contributed by atoms with van der Waals surface area (Å²) in [5.41, 5.74) is 5.28. The van der Waals surface area contributed by atoms with Crippen LogP contribution in [0.1, 0.15) is 17.3 Å². The van der Waals surface area contributed by atoms with E-state index in [1.54, 1.807) is 36.4 Å². The van der Waals surface area contributed by atoms with Crippen molar-refractivity contribution in [2.75, 3.05) is 11.9 Å². The summed E-state index contributed by atoms with van der Waals surface area (Å²) in [5.74, 6) is 0.201. The number of hydrogen-bond acceptors (Lipinski definition) is 3. The molecule has 2 aromatic carbocycles. The highest BCUT2D eigenvalue weighted by atomic mass is 35.5. The van der Waals surface area contributed by atoms with E-state index in [0.29, 0.717) is 28.6 Å². The Hall–Kier alpha value is -2.44. The van der Waals surface area contributed by atoms with Crippen LogP contribution in [0, 0.1) is 0 Å². The lowest BCUT2D eigenvalue weighted by Gasteiger charge is -2.10. The maximum absolute atomic E-state index is 11.9.